The Morgan fingerprint density at radius 2 is 1.67 bits per heavy atom. The molecular weight excluding hydrogens is 382 g/mol. The van der Waals surface area contributed by atoms with Crippen molar-refractivity contribution in [3.05, 3.63) is 53.1 Å². The molecule has 0 bridgehead atoms. The van der Waals surface area contributed by atoms with E-state index in [2.05, 4.69) is 6.92 Å². The number of amides is 1. The highest BCUT2D eigenvalue weighted by atomic mass is 16.5. The number of methoxy groups -OCH3 is 2. The highest BCUT2D eigenvalue weighted by molar-refractivity contribution is 5.95. The normalized spacial score (nSPS) is 19.2. The number of hydrogen-bond donors (Lipinski definition) is 1. The van der Waals surface area contributed by atoms with E-state index in [9.17, 15) is 9.90 Å². The van der Waals surface area contributed by atoms with Gasteiger partial charge in [0.05, 0.1) is 14.2 Å². The zero-order valence-corrected chi connectivity index (χ0v) is 18.2. The summed E-state index contributed by atoms with van der Waals surface area (Å²) in [6.07, 6.45) is 1.76. The summed E-state index contributed by atoms with van der Waals surface area (Å²) in [7, 11) is 3.12. The van der Waals surface area contributed by atoms with Gasteiger partial charge >= 0.3 is 0 Å². The third kappa shape index (κ3) is 5.25. The Morgan fingerprint density at radius 3 is 2.30 bits per heavy atom. The van der Waals surface area contributed by atoms with E-state index in [1.165, 1.54) is 5.56 Å². The Balaban J connectivity index is 1.65. The van der Waals surface area contributed by atoms with Crippen molar-refractivity contribution in [2.24, 2.45) is 0 Å². The predicted octanol–water partition coefficient (Wildman–Crippen LogP) is 3.76. The Labute approximate surface area is 178 Å². The SMILES string of the molecule is COc1cc(OC)cc(C(=O)N2CCCC(O)(COc3ccc(C)c(C)c3)CC2)c1. The zero-order chi connectivity index (χ0) is 21.7. The summed E-state index contributed by atoms with van der Waals surface area (Å²) in [6.45, 7) is 5.36. The van der Waals surface area contributed by atoms with Gasteiger partial charge in [0, 0.05) is 24.7 Å². The summed E-state index contributed by atoms with van der Waals surface area (Å²) in [5.74, 6) is 1.82. The number of rotatable bonds is 6. The van der Waals surface area contributed by atoms with E-state index < -0.39 is 5.60 Å². The van der Waals surface area contributed by atoms with Gasteiger partial charge in [-0.3, -0.25) is 4.79 Å². The van der Waals surface area contributed by atoms with Crippen LogP contribution in [0.3, 0.4) is 0 Å². The van der Waals surface area contributed by atoms with E-state index in [1.54, 1.807) is 37.3 Å². The first-order chi connectivity index (χ1) is 14.3. The molecule has 1 saturated heterocycles. The van der Waals surface area contributed by atoms with Gasteiger partial charge in [-0.25, -0.2) is 0 Å². The lowest BCUT2D eigenvalue weighted by Gasteiger charge is -2.27. The first-order valence-electron chi connectivity index (χ1n) is 10.3. The molecule has 162 valence electrons. The van der Waals surface area contributed by atoms with Crippen LogP contribution in [0.1, 0.15) is 40.7 Å². The molecule has 1 heterocycles. The van der Waals surface area contributed by atoms with Crippen molar-refractivity contribution in [2.75, 3.05) is 33.9 Å². The Hall–Kier alpha value is -2.73. The van der Waals surface area contributed by atoms with Crippen molar-refractivity contribution in [3.8, 4) is 17.2 Å². The first kappa shape index (κ1) is 22.0. The van der Waals surface area contributed by atoms with Crippen LogP contribution in [-0.2, 0) is 0 Å². The molecule has 6 heteroatoms. The zero-order valence-electron chi connectivity index (χ0n) is 18.2. The highest BCUT2D eigenvalue weighted by Gasteiger charge is 2.33. The van der Waals surface area contributed by atoms with Crippen LogP contribution in [0.4, 0.5) is 0 Å². The second-order valence-corrected chi connectivity index (χ2v) is 8.01. The van der Waals surface area contributed by atoms with Gasteiger partial charge in [0.15, 0.2) is 0 Å². The summed E-state index contributed by atoms with van der Waals surface area (Å²) in [4.78, 5) is 14.8. The molecular formula is C24H31NO5. The van der Waals surface area contributed by atoms with Crippen molar-refractivity contribution in [3.63, 3.8) is 0 Å². The maximum absolute atomic E-state index is 13.1. The van der Waals surface area contributed by atoms with Crippen molar-refractivity contribution >= 4 is 5.91 Å². The monoisotopic (exact) mass is 413 g/mol. The number of benzene rings is 2. The fourth-order valence-corrected chi connectivity index (χ4v) is 3.66. The lowest BCUT2D eigenvalue weighted by Crippen LogP contribution is -2.38. The smallest absolute Gasteiger partial charge is 0.254 e. The summed E-state index contributed by atoms with van der Waals surface area (Å²) in [6, 6.07) is 11.1. The molecule has 2 aromatic rings. The van der Waals surface area contributed by atoms with Gasteiger partial charge in [-0.2, -0.15) is 0 Å². The molecule has 1 aliphatic heterocycles. The fourth-order valence-electron chi connectivity index (χ4n) is 3.66. The van der Waals surface area contributed by atoms with E-state index in [-0.39, 0.29) is 12.5 Å². The first-order valence-corrected chi connectivity index (χ1v) is 10.3. The third-order valence-corrected chi connectivity index (χ3v) is 5.79. The standard InChI is InChI=1S/C24H31NO5/c1-17-6-7-20(12-18(17)2)30-16-24(27)8-5-10-25(11-9-24)23(26)19-13-21(28-3)15-22(14-19)29-4/h6-7,12-15,27H,5,8-11,16H2,1-4H3. The number of ether oxygens (including phenoxy) is 3. The maximum Gasteiger partial charge on any atom is 0.254 e. The van der Waals surface area contributed by atoms with Crippen LogP contribution in [-0.4, -0.2) is 55.4 Å². The number of nitrogens with zero attached hydrogens (tertiary/aromatic N) is 1. The van der Waals surface area contributed by atoms with Crippen molar-refractivity contribution < 1.29 is 24.1 Å². The number of aryl methyl sites for hydroxylation is 2. The summed E-state index contributed by atoms with van der Waals surface area (Å²) in [5.41, 5.74) is 1.92. The van der Waals surface area contributed by atoms with Crippen molar-refractivity contribution in [1.29, 1.82) is 0 Å². The van der Waals surface area contributed by atoms with Gasteiger partial charge in [-0.15, -0.1) is 0 Å². The van der Waals surface area contributed by atoms with Crippen LogP contribution < -0.4 is 14.2 Å². The highest BCUT2D eigenvalue weighted by Crippen LogP contribution is 2.27. The van der Waals surface area contributed by atoms with Gasteiger partial charge < -0.3 is 24.2 Å². The molecule has 2 aromatic carbocycles. The molecule has 0 saturated carbocycles. The van der Waals surface area contributed by atoms with Crippen LogP contribution >= 0.6 is 0 Å². The van der Waals surface area contributed by atoms with Crippen LogP contribution in [0, 0.1) is 13.8 Å². The lowest BCUT2D eigenvalue weighted by molar-refractivity contribution is -0.0163. The average Bonchev–Trinajstić information content (AvgIpc) is 2.95. The minimum absolute atomic E-state index is 0.0912. The average molecular weight is 414 g/mol. The molecule has 30 heavy (non-hydrogen) atoms. The van der Waals surface area contributed by atoms with E-state index >= 15 is 0 Å². The molecule has 1 atom stereocenters. The quantitative estimate of drug-likeness (QED) is 0.781. The van der Waals surface area contributed by atoms with Crippen LogP contribution in [0.15, 0.2) is 36.4 Å². The minimum atomic E-state index is -0.958. The molecule has 1 N–H and O–H groups in total. The topological polar surface area (TPSA) is 68.2 Å². The number of carbonyl (C=O) groups excluding carboxylic acids is 1. The van der Waals surface area contributed by atoms with Crippen molar-refractivity contribution in [2.45, 2.75) is 38.7 Å². The molecule has 0 aliphatic carbocycles. The molecule has 1 fully saturated rings. The largest absolute Gasteiger partial charge is 0.497 e. The number of likely N-dealkylation sites (tertiary alicyclic amines) is 1. The van der Waals surface area contributed by atoms with E-state index in [4.69, 9.17) is 14.2 Å². The van der Waals surface area contributed by atoms with Gasteiger partial charge in [-0.1, -0.05) is 6.07 Å². The molecule has 1 unspecified atom stereocenters. The van der Waals surface area contributed by atoms with E-state index in [1.807, 2.05) is 25.1 Å². The number of carbonyl (C=O) groups is 1. The Bertz CT molecular complexity index is 875. The van der Waals surface area contributed by atoms with E-state index in [0.717, 1.165) is 11.3 Å². The van der Waals surface area contributed by atoms with Gasteiger partial charge in [-0.05, 0) is 68.5 Å². The lowest BCUT2D eigenvalue weighted by atomic mass is 9.96. The molecule has 0 aromatic heterocycles. The molecule has 0 radical (unpaired) electrons. The number of hydrogen-bond acceptors (Lipinski definition) is 5. The molecule has 1 aliphatic rings. The summed E-state index contributed by atoms with van der Waals surface area (Å²) >= 11 is 0. The second kappa shape index (κ2) is 9.39. The Morgan fingerprint density at radius 1 is 0.967 bits per heavy atom. The minimum Gasteiger partial charge on any atom is -0.497 e. The third-order valence-electron chi connectivity index (χ3n) is 5.79. The summed E-state index contributed by atoms with van der Waals surface area (Å²) in [5, 5.41) is 11.1. The summed E-state index contributed by atoms with van der Waals surface area (Å²) < 4.78 is 16.4. The van der Waals surface area contributed by atoms with Gasteiger partial charge in [0.25, 0.3) is 5.91 Å². The molecule has 0 spiro atoms. The maximum atomic E-state index is 13.1. The molecule has 6 nitrogen and oxygen atoms in total. The second-order valence-electron chi connectivity index (χ2n) is 8.01. The molecule has 3 rings (SSSR count). The fraction of sp³-hybridized carbons (Fsp3) is 0.458. The van der Waals surface area contributed by atoms with Crippen LogP contribution in [0.2, 0.25) is 0 Å². The number of aliphatic hydroxyl groups is 1. The van der Waals surface area contributed by atoms with Crippen LogP contribution in [0.25, 0.3) is 0 Å². The van der Waals surface area contributed by atoms with Gasteiger partial charge in [0.1, 0.15) is 29.5 Å². The molecule has 1 amide bonds. The van der Waals surface area contributed by atoms with Crippen LogP contribution in [0.5, 0.6) is 17.2 Å². The van der Waals surface area contributed by atoms with E-state index in [0.29, 0.717) is 49.4 Å². The Kier molecular flexibility index (Phi) is 6.87. The van der Waals surface area contributed by atoms with Gasteiger partial charge in [0.2, 0.25) is 0 Å². The van der Waals surface area contributed by atoms with Crippen molar-refractivity contribution in [1.82, 2.24) is 4.90 Å². The predicted molar refractivity (Wildman–Crippen MR) is 116 cm³/mol.